The predicted octanol–water partition coefficient (Wildman–Crippen LogP) is 4.13. The average Bonchev–Trinajstić information content (AvgIpc) is 3.25. The van der Waals surface area contributed by atoms with Crippen molar-refractivity contribution in [3.63, 3.8) is 0 Å². The molecule has 0 aliphatic heterocycles. The van der Waals surface area contributed by atoms with Gasteiger partial charge in [0.15, 0.2) is 15.0 Å². The lowest BCUT2D eigenvalue weighted by Crippen LogP contribution is -2.33. The highest BCUT2D eigenvalue weighted by atomic mass is 35.5. The van der Waals surface area contributed by atoms with Crippen molar-refractivity contribution in [2.75, 3.05) is 52.1 Å². The number of amides is 1. The lowest BCUT2D eigenvalue weighted by Gasteiger charge is -2.21. The quantitative estimate of drug-likeness (QED) is 0.391. The van der Waals surface area contributed by atoms with Crippen molar-refractivity contribution in [1.82, 2.24) is 9.88 Å². The molecule has 8 nitrogen and oxygen atoms in total. The van der Waals surface area contributed by atoms with E-state index in [0.717, 1.165) is 17.7 Å². The summed E-state index contributed by atoms with van der Waals surface area (Å²) < 4.78 is 36.0. The Morgan fingerprint density at radius 2 is 1.62 bits per heavy atom. The number of fused-ring (bicyclic) bond motifs is 1. The first kappa shape index (κ1) is 27.8. The Kier molecular flexibility index (Phi) is 9.69. The van der Waals surface area contributed by atoms with Crippen LogP contribution in [-0.2, 0) is 9.84 Å². The molecule has 0 aliphatic rings. The van der Waals surface area contributed by atoms with Crippen LogP contribution in [0.5, 0.6) is 11.5 Å². The normalized spacial score (nSPS) is 11.4. The number of thiazole rings is 1. The Bertz CT molecular complexity index is 1190. The fourth-order valence-electron chi connectivity index (χ4n) is 3.35. The average molecular weight is 528 g/mol. The molecule has 0 unspecified atom stereocenters. The number of rotatable bonds is 10. The Balaban J connectivity index is 0.00000408. The van der Waals surface area contributed by atoms with E-state index in [0.29, 0.717) is 34.3 Å². The lowest BCUT2D eigenvalue weighted by molar-refractivity contribution is 0.0986. The zero-order valence-corrected chi connectivity index (χ0v) is 22.3. The molecule has 3 aromatic rings. The fraction of sp³-hybridized carbons (Fsp3) is 0.391. The second kappa shape index (κ2) is 11.8. The number of nitrogens with zero attached hydrogens (tertiary/aromatic N) is 3. The minimum atomic E-state index is -3.34. The van der Waals surface area contributed by atoms with Crippen molar-refractivity contribution in [2.24, 2.45) is 0 Å². The highest BCUT2D eigenvalue weighted by molar-refractivity contribution is 7.91. The van der Waals surface area contributed by atoms with Gasteiger partial charge in [0, 0.05) is 12.1 Å². The van der Waals surface area contributed by atoms with Gasteiger partial charge in [0.05, 0.1) is 24.9 Å². The highest BCUT2D eigenvalue weighted by Gasteiger charge is 2.24. The first-order valence-electron chi connectivity index (χ1n) is 10.5. The fourth-order valence-corrected chi connectivity index (χ4v) is 5.33. The van der Waals surface area contributed by atoms with Gasteiger partial charge in [-0.3, -0.25) is 9.69 Å². The van der Waals surface area contributed by atoms with E-state index in [2.05, 4.69) is 4.90 Å². The van der Waals surface area contributed by atoms with Crippen molar-refractivity contribution >= 4 is 54.8 Å². The van der Waals surface area contributed by atoms with Gasteiger partial charge in [0.25, 0.3) is 5.91 Å². The number of halogens is 1. The number of hydrogen-bond donors (Lipinski definition) is 0. The van der Waals surface area contributed by atoms with Gasteiger partial charge in [-0.25, -0.2) is 13.4 Å². The third kappa shape index (κ3) is 5.99. The number of aromatic nitrogens is 1. The van der Waals surface area contributed by atoms with Gasteiger partial charge in [-0.15, -0.1) is 12.4 Å². The van der Waals surface area contributed by atoms with Crippen LogP contribution in [0.4, 0.5) is 5.13 Å². The summed E-state index contributed by atoms with van der Waals surface area (Å²) in [5.41, 5.74) is 1.03. The topological polar surface area (TPSA) is 89.0 Å². The van der Waals surface area contributed by atoms with E-state index in [4.69, 9.17) is 14.5 Å². The van der Waals surface area contributed by atoms with Gasteiger partial charge < -0.3 is 14.4 Å². The summed E-state index contributed by atoms with van der Waals surface area (Å²) in [5, 5.41) is 0.529. The van der Waals surface area contributed by atoms with Gasteiger partial charge in [0.1, 0.15) is 21.7 Å². The summed E-state index contributed by atoms with van der Waals surface area (Å²) in [6.45, 7) is 2.85. The minimum Gasteiger partial charge on any atom is -0.495 e. The molecule has 0 spiro atoms. The highest BCUT2D eigenvalue weighted by Crippen LogP contribution is 2.40. The molecule has 34 heavy (non-hydrogen) atoms. The van der Waals surface area contributed by atoms with E-state index in [1.807, 2.05) is 20.2 Å². The summed E-state index contributed by atoms with van der Waals surface area (Å²) in [6, 6.07) is 9.67. The second-order valence-electron chi connectivity index (χ2n) is 7.69. The number of benzene rings is 2. The van der Waals surface area contributed by atoms with Crippen LogP contribution in [0, 0.1) is 0 Å². The molecule has 0 fully saturated rings. The molecule has 3 rings (SSSR count). The van der Waals surface area contributed by atoms with E-state index in [-0.39, 0.29) is 29.0 Å². The van der Waals surface area contributed by atoms with Crippen LogP contribution < -0.4 is 14.4 Å². The molecule has 0 aliphatic carbocycles. The van der Waals surface area contributed by atoms with Crippen LogP contribution >= 0.6 is 23.7 Å². The summed E-state index contributed by atoms with van der Waals surface area (Å²) in [5.74, 6) is 1.02. The maximum atomic E-state index is 13.5. The van der Waals surface area contributed by atoms with E-state index < -0.39 is 9.84 Å². The maximum Gasteiger partial charge on any atom is 0.260 e. The van der Waals surface area contributed by atoms with Crippen LogP contribution in [0.15, 0.2) is 41.3 Å². The number of ether oxygens (including phenoxy) is 2. The van der Waals surface area contributed by atoms with Gasteiger partial charge in [-0.1, -0.05) is 18.3 Å². The van der Waals surface area contributed by atoms with Gasteiger partial charge in [-0.2, -0.15) is 0 Å². The number of sulfone groups is 1. The Morgan fingerprint density at radius 1 is 1.00 bits per heavy atom. The third-order valence-electron chi connectivity index (χ3n) is 5.20. The largest absolute Gasteiger partial charge is 0.495 e. The Labute approximate surface area is 210 Å². The second-order valence-corrected chi connectivity index (χ2v) is 10.9. The SMILES string of the molecule is CCS(=O)(=O)c1ccc(C(=O)N(CCCN(C)C)c2nc3c(OC)ccc(OC)c3s2)cc1.Cl. The summed E-state index contributed by atoms with van der Waals surface area (Å²) in [6.07, 6.45) is 0.741. The van der Waals surface area contributed by atoms with E-state index in [1.54, 1.807) is 44.2 Å². The number of hydrogen-bond acceptors (Lipinski definition) is 8. The molecule has 0 bridgehead atoms. The molecule has 0 radical (unpaired) electrons. The summed E-state index contributed by atoms with van der Waals surface area (Å²) in [7, 11) is 3.78. The smallest absolute Gasteiger partial charge is 0.260 e. The van der Waals surface area contributed by atoms with Gasteiger partial charge >= 0.3 is 0 Å². The van der Waals surface area contributed by atoms with Gasteiger partial charge in [0.2, 0.25) is 0 Å². The van der Waals surface area contributed by atoms with Crippen LogP contribution in [0.3, 0.4) is 0 Å². The Morgan fingerprint density at radius 3 is 2.18 bits per heavy atom. The molecule has 1 amide bonds. The molecule has 11 heteroatoms. The number of carbonyl (C=O) groups excluding carboxylic acids is 1. The first-order chi connectivity index (χ1) is 15.7. The van der Waals surface area contributed by atoms with E-state index in [1.165, 1.54) is 23.5 Å². The molecule has 0 N–H and O–H groups in total. The molecule has 1 aromatic heterocycles. The van der Waals surface area contributed by atoms with Crippen molar-refractivity contribution in [3.05, 3.63) is 42.0 Å². The molecule has 186 valence electrons. The van der Waals surface area contributed by atoms with Crippen LogP contribution in [0.2, 0.25) is 0 Å². The third-order valence-corrected chi connectivity index (χ3v) is 8.05. The number of anilines is 1. The molecule has 0 saturated heterocycles. The monoisotopic (exact) mass is 527 g/mol. The number of methoxy groups -OCH3 is 2. The predicted molar refractivity (Wildman–Crippen MR) is 139 cm³/mol. The van der Waals surface area contributed by atoms with Crippen LogP contribution in [0.1, 0.15) is 23.7 Å². The van der Waals surface area contributed by atoms with Crippen molar-refractivity contribution < 1.29 is 22.7 Å². The zero-order valence-electron chi connectivity index (χ0n) is 19.9. The Hall–Kier alpha value is -2.40. The summed E-state index contributed by atoms with van der Waals surface area (Å²) in [4.78, 5) is 22.1. The zero-order chi connectivity index (χ0) is 24.2. The van der Waals surface area contributed by atoms with Crippen molar-refractivity contribution in [2.45, 2.75) is 18.2 Å². The van der Waals surface area contributed by atoms with Gasteiger partial charge in [-0.05, 0) is 63.5 Å². The molecule has 0 saturated carbocycles. The maximum absolute atomic E-state index is 13.5. The summed E-state index contributed by atoms with van der Waals surface area (Å²) >= 11 is 1.36. The molecule has 2 aromatic carbocycles. The number of carbonyl (C=O) groups is 1. The first-order valence-corrected chi connectivity index (χ1v) is 13.0. The van der Waals surface area contributed by atoms with E-state index >= 15 is 0 Å². The van der Waals surface area contributed by atoms with Crippen LogP contribution in [-0.4, -0.2) is 71.4 Å². The minimum absolute atomic E-state index is 0. The molecular weight excluding hydrogens is 498 g/mol. The van der Waals surface area contributed by atoms with E-state index in [9.17, 15) is 13.2 Å². The van der Waals surface area contributed by atoms with Crippen molar-refractivity contribution in [3.8, 4) is 11.5 Å². The lowest BCUT2D eigenvalue weighted by atomic mass is 10.2. The van der Waals surface area contributed by atoms with Crippen molar-refractivity contribution in [1.29, 1.82) is 0 Å². The standard InChI is InChI=1S/C23H29N3O5S2.ClH/c1-6-33(28,29)17-10-8-16(9-11-17)22(27)26(15-7-14-25(2)3)23-24-20-18(30-4)12-13-19(31-5)21(20)32-23;/h8-13H,6-7,14-15H2,1-5H3;1H. The molecular formula is C23H30ClN3O5S2. The molecule has 0 atom stereocenters. The van der Waals surface area contributed by atoms with Crippen LogP contribution in [0.25, 0.3) is 10.2 Å². The molecule has 1 heterocycles.